The number of hydrogen-bond donors (Lipinski definition) is 0. The molecule has 0 amide bonds. The maximum absolute atomic E-state index is 6.10. The van der Waals surface area contributed by atoms with Crippen LogP contribution in [0.3, 0.4) is 0 Å². The van der Waals surface area contributed by atoms with Gasteiger partial charge in [-0.05, 0) is 43.5 Å². The summed E-state index contributed by atoms with van der Waals surface area (Å²) in [5.74, 6) is 1.52. The average molecular weight is 239 g/mol. The van der Waals surface area contributed by atoms with Crippen LogP contribution in [0.25, 0.3) is 0 Å². The summed E-state index contributed by atoms with van der Waals surface area (Å²) in [6.07, 6.45) is 6.32. The van der Waals surface area contributed by atoms with Crippen LogP contribution in [0.1, 0.15) is 31.4 Å². The minimum Gasteiger partial charge on any atom is -0.295 e. The highest BCUT2D eigenvalue weighted by molar-refractivity contribution is 6.18. The molecule has 0 radical (unpaired) electrons. The minimum absolute atomic E-state index is 0.336. The second kappa shape index (κ2) is 5.65. The van der Waals surface area contributed by atoms with Crippen LogP contribution >= 0.6 is 11.6 Å². The summed E-state index contributed by atoms with van der Waals surface area (Å²) in [5.41, 5.74) is 1.24. The molecule has 2 rings (SSSR count). The van der Waals surface area contributed by atoms with E-state index in [0.717, 1.165) is 19.0 Å². The minimum atomic E-state index is 0.336. The van der Waals surface area contributed by atoms with Gasteiger partial charge in [-0.2, -0.15) is 0 Å². The molecule has 16 heavy (non-hydrogen) atoms. The van der Waals surface area contributed by atoms with Crippen molar-refractivity contribution in [2.75, 3.05) is 19.0 Å². The molecule has 1 aromatic heterocycles. The molecule has 1 aliphatic heterocycles. The normalized spacial score (nSPS) is 20.9. The SMILES string of the molecule is CC1CCN(C(CCl)c2cccnc2)CC1. The first kappa shape index (κ1) is 11.9. The second-order valence-electron chi connectivity index (χ2n) is 4.67. The molecule has 88 valence electrons. The van der Waals surface area contributed by atoms with Crippen molar-refractivity contribution in [2.45, 2.75) is 25.8 Å². The number of aromatic nitrogens is 1. The second-order valence-corrected chi connectivity index (χ2v) is 4.98. The predicted octanol–water partition coefficient (Wildman–Crippen LogP) is 3.09. The van der Waals surface area contributed by atoms with Gasteiger partial charge in [0.1, 0.15) is 0 Å². The summed E-state index contributed by atoms with van der Waals surface area (Å²) in [6.45, 7) is 4.65. The summed E-state index contributed by atoms with van der Waals surface area (Å²) in [4.78, 5) is 6.67. The first-order valence-corrected chi connectivity index (χ1v) is 6.54. The van der Waals surface area contributed by atoms with Gasteiger partial charge in [0.2, 0.25) is 0 Å². The molecule has 0 N–H and O–H groups in total. The molecule has 1 unspecified atom stereocenters. The lowest BCUT2D eigenvalue weighted by molar-refractivity contribution is 0.149. The van der Waals surface area contributed by atoms with Gasteiger partial charge in [-0.15, -0.1) is 11.6 Å². The third-order valence-electron chi connectivity index (χ3n) is 3.47. The molecule has 1 aliphatic rings. The van der Waals surface area contributed by atoms with Gasteiger partial charge in [-0.25, -0.2) is 0 Å². The van der Waals surface area contributed by atoms with E-state index in [1.165, 1.54) is 18.4 Å². The molecular formula is C13H19ClN2. The van der Waals surface area contributed by atoms with E-state index in [-0.39, 0.29) is 0 Å². The molecule has 3 heteroatoms. The van der Waals surface area contributed by atoms with E-state index in [1.54, 1.807) is 0 Å². The summed E-state index contributed by atoms with van der Waals surface area (Å²) in [5, 5.41) is 0. The van der Waals surface area contributed by atoms with Crippen LogP contribution in [0.15, 0.2) is 24.5 Å². The van der Waals surface area contributed by atoms with E-state index < -0.39 is 0 Å². The molecule has 0 aromatic carbocycles. The van der Waals surface area contributed by atoms with Gasteiger partial charge >= 0.3 is 0 Å². The maximum atomic E-state index is 6.10. The fourth-order valence-electron chi connectivity index (χ4n) is 2.31. The highest BCUT2D eigenvalue weighted by Crippen LogP contribution is 2.27. The van der Waals surface area contributed by atoms with Crippen LogP contribution in [-0.2, 0) is 0 Å². The zero-order chi connectivity index (χ0) is 11.4. The van der Waals surface area contributed by atoms with Gasteiger partial charge in [0.25, 0.3) is 0 Å². The van der Waals surface area contributed by atoms with Crippen LogP contribution in [0, 0.1) is 5.92 Å². The Morgan fingerprint density at radius 2 is 2.25 bits per heavy atom. The van der Waals surface area contributed by atoms with Crippen molar-refractivity contribution in [3.63, 3.8) is 0 Å². The maximum Gasteiger partial charge on any atom is 0.0498 e. The summed E-state index contributed by atoms with van der Waals surface area (Å²) in [6, 6.07) is 4.45. The van der Waals surface area contributed by atoms with E-state index in [1.807, 2.05) is 18.5 Å². The van der Waals surface area contributed by atoms with Crippen molar-refractivity contribution in [3.05, 3.63) is 30.1 Å². The molecule has 0 bridgehead atoms. The molecule has 2 heterocycles. The van der Waals surface area contributed by atoms with E-state index in [0.29, 0.717) is 11.9 Å². The number of pyridine rings is 1. The Bertz CT molecular complexity index is 307. The Kier molecular flexibility index (Phi) is 4.19. The zero-order valence-electron chi connectivity index (χ0n) is 9.77. The third kappa shape index (κ3) is 2.74. The molecule has 0 saturated carbocycles. The number of rotatable bonds is 3. The molecule has 1 saturated heterocycles. The van der Waals surface area contributed by atoms with Gasteiger partial charge in [-0.1, -0.05) is 13.0 Å². The topological polar surface area (TPSA) is 16.1 Å². The molecule has 1 atom stereocenters. The van der Waals surface area contributed by atoms with Crippen LogP contribution in [-0.4, -0.2) is 28.9 Å². The van der Waals surface area contributed by atoms with Crippen LogP contribution in [0.4, 0.5) is 0 Å². The Balaban J connectivity index is 2.05. The van der Waals surface area contributed by atoms with E-state index >= 15 is 0 Å². The van der Waals surface area contributed by atoms with Crippen LogP contribution in [0.2, 0.25) is 0 Å². The number of nitrogens with zero attached hydrogens (tertiary/aromatic N) is 2. The monoisotopic (exact) mass is 238 g/mol. The van der Waals surface area contributed by atoms with Gasteiger partial charge in [-0.3, -0.25) is 9.88 Å². The Morgan fingerprint density at radius 1 is 1.50 bits per heavy atom. The van der Waals surface area contributed by atoms with E-state index in [4.69, 9.17) is 11.6 Å². The van der Waals surface area contributed by atoms with E-state index in [2.05, 4.69) is 22.9 Å². The highest BCUT2D eigenvalue weighted by atomic mass is 35.5. The Morgan fingerprint density at radius 3 is 2.81 bits per heavy atom. The van der Waals surface area contributed by atoms with Crippen molar-refractivity contribution in [1.82, 2.24) is 9.88 Å². The molecule has 1 aromatic rings. The quantitative estimate of drug-likeness (QED) is 0.753. The van der Waals surface area contributed by atoms with Gasteiger partial charge < -0.3 is 0 Å². The number of alkyl halides is 1. The summed E-state index contributed by atoms with van der Waals surface area (Å²) >= 11 is 6.10. The first-order valence-electron chi connectivity index (χ1n) is 6.01. The van der Waals surface area contributed by atoms with Crippen LogP contribution < -0.4 is 0 Å². The highest BCUT2D eigenvalue weighted by Gasteiger charge is 2.23. The van der Waals surface area contributed by atoms with E-state index in [9.17, 15) is 0 Å². The molecular weight excluding hydrogens is 220 g/mol. The Hall–Kier alpha value is -0.600. The molecule has 2 nitrogen and oxygen atoms in total. The largest absolute Gasteiger partial charge is 0.295 e. The van der Waals surface area contributed by atoms with Gasteiger partial charge in [0, 0.05) is 24.3 Å². The predicted molar refractivity (Wildman–Crippen MR) is 67.7 cm³/mol. The number of hydrogen-bond acceptors (Lipinski definition) is 2. The van der Waals surface area contributed by atoms with Crippen molar-refractivity contribution >= 4 is 11.6 Å². The summed E-state index contributed by atoms with van der Waals surface area (Å²) in [7, 11) is 0. The smallest absolute Gasteiger partial charge is 0.0498 e. The molecule has 1 fully saturated rings. The average Bonchev–Trinajstić information content (AvgIpc) is 2.34. The van der Waals surface area contributed by atoms with Gasteiger partial charge in [0.15, 0.2) is 0 Å². The number of halogens is 1. The van der Waals surface area contributed by atoms with Crippen molar-refractivity contribution < 1.29 is 0 Å². The summed E-state index contributed by atoms with van der Waals surface area (Å²) < 4.78 is 0. The third-order valence-corrected chi connectivity index (χ3v) is 3.77. The lowest BCUT2D eigenvalue weighted by Crippen LogP contribution is -2.37. The van der Waals surface area contributed by atoms with Crippen molar-refractivity contribution in [2.24, 2.45) is 5.92 Å². The number of piperidine rings is 1. The first-order chi connectivity index (χ1) is 7.81. The number of likely N-dealkylation sites (tertiary alicyclic amines) is 1. The zero-order valence-corrected chi connectivity index (χ0v) is 10.5. The lowest BCUT2D eigenvalue weighted by atomic mass is 9.97. The van der Waals surface area contributed by atoms with Crippen LogP contribution in [0.5, 0.6) is 0 Å². The molecule has 0 aliphatic carbocycles. The Labute approximate surface area is 103 Å². The van der Waals surface area contributed by atoms with Crippen molar-refractivity contribution in [3.8, 4) is 0 Å². The lowest BCUT2D eigenvalue weighted by Gasteiger charge is -2.35. The fraction of sp³-hybridized carbons (Fsp3) is 0.615. The van der Waals surface area contributed by atoms with Crippen molar-refractivity contribution in [1.29, 1.82) is 0 Å². The molecule has 0 spiro atoms. The van der Waals surface area contributed by atoms with Gasteiger partial charge in [0.05, 0.1) is 0 Å². The standard InChI is InChI=1S/C13H19ClN2/c1-11-4-7-16(8-5-11)13(9-14)12-3-2-6-15-10-12/h2-3,6,10-11,13H,4-5,7-9H2,1H3. The fourth-order valence-corrected chi connectivity index (χ4v) is 2.68.